The number of ketones is 1. The number of hydrogen-bond acceptors (Lipinski definition) is 7. The summed E-state index contributed by atoms with van der Waals surface area (Å²) >= 11 is 0. The Morgan fingerprint density at radius 3 is 2.07 bits per heavy atom. The molecule has 0 heterocycles. The van der Waals surface area contributed by atoms with E-state index in [2.05, 4.69) is 9.44 Å². The van der Waals surface area contributed by atoms with E-state index in [-0.39, 0.29) is 16.1 Å². The van der Waals surface area contributed by atoms with Crippen LogP contribution in [0.15, 0.2) is 53.4 Å². The second-order valence-corrected chi connectivity index (χ2v) is 10.1. The number of carbonyl (C=O) groups excluding carboxylic acids is 2. The number of benzene rings is 2. The molecule has 9 nitrogen and oxygen atoms in total. The van der Waals surface area contributed by atoms with Crippen LogP contribution in [0.2, 0.25) is 0 Å². The van der Waals surface area contributed by atoms with Gasteiger partial charge in [0.25, 0.3) is 0 Å². The molecule has 0 saturated heterocycles. The second-order valence-electron chi connectivity index (χ2n) is 6.59. The molecular formula is C19H22N2O7S2. The zero-order valence-electron chi connectivity index (χ0n) is 16.6. The van der Waals surface area contributed by atoms with E-state index in [9.17, 15) is 26.4 Å². The molecule has 11 heteroatoms. The molecule has 0 aliphatic rings. The molecule has 0 saturated carbocycles. The number of sulfonamides is 2. The van der Waals surface area contributed by atoms with Gasteiger partial charge in [-0.2, -0.15) is 4.72 Å². The Labute approximate surface area is 175 Å². The van der Waals surface area contributed by atoms with Gasteiger partial charge in [0.2, 0.25) is 25.8 Å². The SMILES string of the molecule is Cc1ccc(S(=O)(=O)NCC(=O)OC(C)C(=O)c2ccc(NS(C)(=O)=O)cc2)cc1. The third kappa shape index (κ3) is 6.94. The smallest absolute Gasteiger partial charge is 0.321 e. The highest BCUT2D eigenvalue weighted by Crippen LogP contribution is 2.14. The van der Waals surface area contributed by atoms with Gasteiger partial charge in [-0.15, -0.1) is 0 Å². The van der Waals surface area contributed by atoms with E-state index in [0.29, 0.717) is 0 Å². The fourth-order valence-electron chi connectivity index (χ4n) is 2.40. The molecule has 0 radical (unpaired) electrons. The summed E-state index contributed by atoms with van der Waals surface area (Å²) < 4.78 is 56.2. The fraction of sp³-hybridized carbons (Fsp3) is 0.263. The molecule has 1 unspecified atom stereocenters. The number of aryl methyl sites for hydroxylation is 1. The van der Waals surface area contributed by atoms with Crippen LogP contribution in [0.3, 0.4) is 0 Å². The van der Waals surface area contributed by atoms with E-state index in [1.54, 1.807) is 12.1 Å². The molecule has 2 aromatic carbocycles. The highest BCUT2D eigenvalue weighted by Gasteiger charge is 2.21. The minimum absolute atomic E-state index is 0.00724. The molecule has 0 bridgehead atoms. The van der Waals surface area contributed by atoms with Crippen molar-refractivity contribution in [2.45, 2.75) is 24.8 Å². The lowest BCUT2D eigenvalue weighted by atomic mass is 10.1. The topological polar surface area (TPSA) is 136 Å². The van der Waals surface area contributed by atoms with Crippen molar-refractivity contribution in [3.8, 4) is 0 Å². The number of anilines is 1. The Morgan fingerprint density at radius 2 is 1.53 bits per heavy atom. The summed E-state index contributed by atoms with van der Waals surface area (Å²) in [6, 6.07) is 11.7. The third-order valence-electron chi connectivity index (χ3n) is 3.89. The number of hydrogen-bond donors (Lipinski definition) is 2. The van der Waals surface area contributed by atoms with E-state index < -0.39 is 44.4 Å². The minimum atomic E-state index is -3.89. The van der Waals surface area contributed by atoms with Crippen LogP contribution in [-0.4, -0.2) is 47.5 Å². The Kier molecular flexibility index (Phi) is 7.34. The van der Waals surface area contributed by atoms with E-state index in [1.165, 1.54) is 43.3 Å². The fourth-order valence-corrected chi connectivity index (χ4v) is 3.93. The molecular weight excluding hydrogens is 432 g/mol. The van der Waals surface area contributed by atoms with E-state index in [0.717, 1.165) is 11.8 Å². The molecule has 2 aromatic rings. The maximum Gasteiger partial charge on any atom is 0.321 e. The highest BCUT2D eigenvalue weighted by atomic mass is 32.2. The monoisotopic (exact) mass is 454 g/mol. The Hall–Kier alpha value is -2.76. The molecule has 2 N–H and O–H groups in total. The van der Waals surface area contributed by atoms with Gasteiger partial charge in [-0.05, 0) is 50.2 Å². The van der Waals surface area contributed by atoms with Gasteiger partial charge in [-0.1, -0.05) is 17.7 Å². The lowest BCUT2D eigenvalue weighted by Gasteiger charge is -2.13. The van der Waals surface area contributed by atoms with Crippen molar-refractivity contribution in [2.75, 3.05) is 17.5 Å². The molecule has 0 aliphatic heterocycles. The number of carbonyl (C=O) groups is 2. The maximum absolute atomic E-state index is 12.4. The predicted molar refractivity (Wildman–Crippen MR) is 111 cm³/mol. The number of rotatable bonds is 9. The first kappa shape index (κ1) is 23.5. The molecule has 0 fully saturated rings. The molecule has 1 atom stereocenters. The predicted octanol–water partition coefficient (Wildman–Crippen LogP) is 1.46. The summed E-state index contributed by atoms with van der Waals surface area (Å²) in [4.78, 5) is 24.3. The third-order valence-corrected chi connectivity index (χ3v) is 5.91. The van der Waals surface area contributed by atoms with Crippen LogP contribution in [0.1, 0.15) is 22.8 Å². The summed E-state index contributed by atoms with van der Waals surface area (Å²) in [6.07, 6.45) is -0.157. The average molecular weight is 455 g/mol. The summed E-state index contributed by atoms with van der Waals surface area (Å²) in [7, 11) is -7.34. The van der Waals surface area contributed by atoms with Crippen molar-refractivity contribution in [3.05, 3.63) is 59.7 Å². The Bertz CT molecular complexity index is 1120. The zero-order valence-corrected chi connectivity index (χ0v) is 18.2. The van der Waals surface area contributed by atoms with Crippen molar-refractivity contribution in [1.29, 1.82) is 0 Å². The first-order valence-corrected chi connectivity index (χ1v) is 12.1. The number of esters is 1. The van der Waals surface area contributed by atoms with Crippen LogP contribution >= 0.6 is 0 Å². The lowest BCUT2D eigenvalue weighted by molar-refractivity contribution is -0.144. The normalized spacial score (nSPS) is 12.8. The molecule has 30 heavy (non-hydrogen) atoms. The van der Waals surface area contributed by atoms with Gasteiger partial charge < -0.3 is 4.74 Å². The summed E-state index contributed by atoms with van der Waals surface area (Å²) in [5.41, 5.74) is 1.37. The van der Waals surface area contributed by atoms with Crippen molar-refractivity contribution >= 4 is 37.5 Å². The van der Waals surface area contributed by atoms with Gasteiger partial charge in [0.15, 0.2) is 6.10 Å². The standard InChI is InChI=1S/C19H22N2O7S2/c1-13-4-10-17(11-5-13)30(26,27)20-12-18(22)28-14(2)19(23)15-6-8-16(9-7-15)21-29(3,24)25/h4-11,14,20-21H,12H2,1-3H3. The average Bonchev–Trinajstić information content (AvgIpc) is 2.65. The zero-order chi connectivity index (χ0) is 22.5. The van der Waals surface area contributed by atoms with Crippen LogP contribution in [0.25, 0.3) is 0 Å². The van der Waals surface area contributed by atoms with Crippen LogP contribution in [-0.2, 0) is 29.6 Å². The van der Waals surface area contributed by atoms with Crippen molar-refractivity contribution in [1.82, 2.24) is 4.72 Å². The van der Waals surface area contributed by atoms with E-state index in [1.807, 2.05) is 6.92 Å². The van der Waals surface area contributed by atoms with Crippen molar-refractivity contribution < 1.29 is 31.2 Å². The van der Waals surface area contributed by atoms with Crippen molar-refractivity contribution in [3.63, 3.8) is 0 Å². The number of nitrogens with one attached hydrogen (secondary N) is 2. The Balaban J connectivity index is 1.93. The lowest BCUT2D eigenvalue weighted by Crippen LogP contribution is -2.34. The van der Waals surface area contributed by atoms with Crippen LogP contribution in [0.5, 0.6) is 0 Å². The van der Waals surface area contributed by atoms with Gasteiger partial charge in [-0.3, -0.25) is 14.3 Å². The van der Waals surface area contributed by atoms with Crippen molar-refractivity contribution in [2.24, 2.45) is 0 Å². The Morgan fingerprint density at radius 1 is 0.967 bits per heavy atom. The maximum atomic E-state index is 12.4. The van der Waals surface area contributed by atoms with E-state index in [4.69, 9.17) is 4.74 Å². The van der Waals surface area contributed by atoms with Gasteiger partial charge in [0.05, 0.1) is 11.2 Å². The van der Waals surface area contributed by atoms with Gasteiger partial charge in [0, 0.05) is 11.3 Å². The minimum Gasteiger partial charge on any atom is -0.453 e. The second kappa shape index (κ2) is 9.37. The number of Topliss-reactive ketones (excluding diaryl/α,β-unsaturated/α-hetero) is 1. The summed E-state index contributed by atoms with van der Waals surface area (Å²) in [5.74, 6) is -1.43. The van der Waals surface area contributed by atoms with Crippen LogP contribution in [0.4, 0.5) is 5.69 Å². The molecule has 0 aromatic heterocycles. The first-order valence-electron chi connectivity index (χ1n) is 8.75. The van der Waals surface area contributed by atoms with Gasteiger partial charge >= 0.3 is 5.97 Å². The molecule has 162 valence electrons. The quantitative estimate of drug-likeness (QED) is 0.432. The first-order chi connectivity index (χ1) is 13.9. The van der Waals surface area contributed by atoms with E-state index >= 15 is 0 Å². The van der Waals surface area contributed by atoms with Crippen LogP contribution in [0, 0.1) is 6.92 Å². The highest BCUT2D eigenvalue weighted by molar-refractivity contribution is 7.92. The van der Waals surface area contributed by atoms with Crippen LogP contribution < -0.4 is 9.44 Å². The molecule has 0 aliphatic carbocycles. The molecule has 2 rings (SSSR count). The summed E-state index contributed by atoms with van der Waals surface area (Å²) in [5, 5.41) is 0. The summed E-state index contributed by atoms with van der Waals surface area (Å²) in [6.45, 7) is 2.54. The molecule has 0 amide bonds. The number of ether oxygens (including phenoxy) is 1. The van der Waals surface area contributed by atoms with Gasteiger partial charge in [-0.25, -0.2) is 16.8 Å². The molecule has 0 spiro atoms. The largest absolute Gasteiger partial charge is 0.453 e. The van der Waals surface area contributed by atoms with Gasteiger partial charge in [0.1, 0.15) is 6.54 Å².